The van der Waals surface area contributed by atoms with Gasteiger partial charge in [-0.25, -0.2) is 9.97 Å². The van der Waals surface area contributed by atoms with Crippen molar-refractivity contribution in [2.24, 2.45) is 0 Å². The summed E-state index contributed by atoms with van der Waals surface area (Å²) in [7, 11) is 0. The minimum absolute atomic E-state index is 0.176. The van der Waals surface area contributed by atoms with Gasteiger partial charge in [0, 0.05) is 27.7 Å². The first-order valence-corrected chi connectivity index (χ1v) is 18.7. The molecule has 1 aliphatic carbocycles. The maximum Gasteiger partial charge on any atom is 0.160 e. The molecule has 0 amide bonds. The van der Waals surface area contributed by atoms with Crippen LogP contribution in [0.15, 0.2) is 176 Å². The SMILES string of the molecule is CC1(C)c2cccc(C#N)c2-c2c(-c3ccc(-c4ccc(-c5nc(-c6ccc7ccccc7c6)cc(-c6ccc7ccccc7c6)n5)cc4)cc3)cccc21. The molecule has 1 aromatic heterocycles. The highest BCUT2D eigenvalue weighted by atomic mass is 14.9. The molecular formula is C52H35N3. The summed E-state index contributed by atoms with van der Waals surface area (Å²) in [4.78, 5) is 10.3. The normalized spacial score (nSPS) is 12.7. The Labute approximate surface area is 320 Å². The maximum absolute atomic E-state index is 10.1. The lowest BCUT2D eigenvalue weighted by atomic mass is 9.82. The molecule has 9 aromatic rings. The fourth-order valence-electron chi connectivity index (χ4n) is 8.39. The van der Waals surface area contributed by atoms with E-state index in [0.29, 0.717) is 5.82 Å². The molecule has 1 heterocycles. The van der Waals surface area contributed by atoms with Crippen LogP contribution < -0.4 is 0 Å². The van der Waals surface area contributed by atoms with Gasteiger partial charge in [0.2, 0.25) is 0 Å². The van der Waals surface area contributed by atoms with E-state index in [4.69, 9.17) is 9.97 Å². The molecule has 0 N–H and O–H groups in total. The minimum atomic E-state index is -0.176. The Morgan fingerprint density at radius 2 is 0.891 bits per heavy atom. The second-order valence-corrected chi connectivity index (χ2v) is 14.9. The Balaban J connectivity index is 1.01. The summed E-state index contributed by atoms with van der Waals surface area (Å²) in [6.45, 7) is 4.51. The summed E-state index contributed by atoms with van der Waals surface area (Å²) >= 11 is 0. The van der Waals surface area contributed by atoms with Gasteiger partial charge in [0.05, 0.1) is 23.0 Å². The molecule has 0 atom stereocenters. The highest BCUT2D eigenvalue weighted by Gasteiger charge is 2.38. The number of nitrogens with zero attached hydrogens (tertiary/aromatic N) is 3. The van der Waals surface area contributed by atoms with Gasteiger partial charge < -0.3 is 0 Å². The Bertz CT molecular complexity index is 2900. The molecule has 0 aliphatic heterocycles. The van der Waals surface area contributed by atoms with Gasteiger partial charge in [0.1, 0.15) is 0 Å². The average molecular weight is 702 g/mol. The van der Waals surface area contributed by atoms with Gasteiger partial charge in [-0.05, 0) is 84.8 Å². The smallest absolute Gasteiger partial charge is 0.160 e. The molecule has 258 valence electrons. The molecule has 10 rings (SSSR count). The Hall–Kier alpha value is -7.15. The Morgan fingerprint density at radius 1 is 0.418 bits per heavy atom. The molecule has 0 radical (unpaired) electrons. The molecule has 0 fully saturated rings. The van der Waals surface area contributed by atoms with Crippen LogP contribution in [0.1, 0.15) is 30.5 Å². The van der Waals surface area contributed by atoms with E-state index >= 15 is 0 Å². The molecule has 3 nitrogen and oxygen atoms in total. The molecule has 0 unspecified atom stereocenters. The van der Waals surface area contributed by atoms with E-state index in [1.807, 2.05) is 12.1 Å². The average Bonchev–Trinajstić information content (AvgIpc) is 3.49. The van der Waals surface area contributed by atoms with E-state index in [0.717, 1.165) is 61.5 Å². The minimum Gasteiger partial charge on any atom is -0.228 e. The van der Waals surface area contributed by atoms with Crippen LogP contribution in [0.5, 0.6) is 0 Å². The topological polar surface area (TPSA) is 49.6 Å². The van der Waals surface area contributed by atoms with E-state index in [1.165, 1.54) is 38.2 Å². The first kappa shape index (κ1) is 32.5. The van der Waals surface area contributed by atoms with Gasteiger partial charge in [-0.1, -0.05) is 166 Å². The number of aromatic nitrogens is 2. The molecule has 3 heteroatoms. The van der Waals surface area contributed by atoms with E-state index in [2.05, 4.69) is 184 Å². The van der Waals surface area contributed by atoms with Crippen molar-refractivity contribution in [1.29, 1.82) is 5.26 Å². The largest absolute Gasteiger partial charge is 0.228 e. The van der Waals surface area contributed by atoms with E-state index in [9.17, 15) is 5.26 Å². The molecule has 55 heavy (non-hydrogen) atoms. The third kappa shape index (κ3) is 5.50. The van der Waals surface area contributed by atoms with Crippen molar-refractivity contribution in [2.45, 2.75) is 19.3 Å². The predicted octanol–water partition coefficient (Wildman–Crippen LogP) is 13.3. The van der Waals surface area contributed by atoms with Crippen LogP contribution in [-0.2, 0) is 5.41 Å². The second kappa shape index (κ2) is 12.8. The fraction of sp³-hybridized carbons (Fsp3) is 0.0577. The fourth-order valence-corrected chi connectivity index (χ4v) is 8.39. The summed E-state index contributed by atoms with van der Waals surface area (Å²) in [5.41, 5.74) is 14.6. The lowest BCUT2D eigenvalue weighted by molar-refractivity contribution is 0.660. The highest BCUT2D eigenvalue weighted by molar-refractivity contribution is 5.95. The van der Waals surface area contributed by atoms with E-state index in [-0.39, 0.29) is 5.41 Å². The molecule has 8 aromatic carbocycles. The van der Waals surface area contributed by atoms with E-state index in [1.54, 1.807) is 0 Å². The van der Waals surface area contributed by atoms with Crippen LogP contribution in [0.3, 0.4) is 0 Å². The number of benzene rings is 8. The van der Waals surface area contributed by atoms with Crippen molar-refractivity contribution in [1.82, 2.24) is 9.97 Å². The van der Waals surface area contributed by atoms with Crippen LogP contribution >= 0.6 is 0 Å². The van der Waals surface area contributed by atoms with Crippen LogP contribution in [-0.4, -0.2) is 9.97 Å². The molecule has 0 saturated carbocycles. The molecular weight excluding hydrogens is 667 g/mol. The van der Waals surface area contributed by atoms with Gasteiger partial charge in [-0.3, -0.25) is 0 Å². The Kier molecular flexibility index (Phi) is 7.54. The zero-order valence-electron chi connectivity index (χ0n) is 30.6. The van der Waals surface area contributed by atoms with Crippen LogP contribution in [0.4, 0.5) is 0 Å². The van der Waals surface area contributed by atoms with E-state index < -0.39 is 0 Å². The lowest BCUT2D eigenvalue weighted by Crippen LogP contribution is -2.14. The third-order valence-corrected chi connectivity index (χ3v) is 11.3. The zero-order valence-corrected chi connectivity index (χ0v) is 30.6. The summed E-state index contributed by atoms with van der Waals surface area (Å²) in [5.74, 6) is 0.689. The predicted molar refractivity (Wildman–Crippen MR) is 227 cm³/mol. The summed E-state index contributed by atoms with van der Waals surface area (Å²) in [6.07, 6.45) is 0. The van der Waals surface area contributed by atoms with Crippen molar-refractivity contribution in [3.05, 3.63) is 193 Å². The van der Waals surface area contributed by atoms with Gasteiger partial charge in [-0.2, -0.15) is 5.26 Å². The lowest BCUT2D eigenvalue weighted by Gasteiger charge is -2.21. The van der Waals surface area contributed by atoms with Crippen molar-refractivity contribution in [2.75, 3.05) is 0 Å². The van der Waals surface area contributed by atoms with Crippen LogP contribution in [0.25, 0.3) is 88.8 Å². The number of fused-ring (bicyclic) bond motifs is 5. The van der Waals surface area contributed by atoms with Gasteiger partial charge in [-0.15, -0.1) is 0 Å². The maximum atomic E-state index is 10.1. The first-order valence-electron chi connectivity index (χ1n) is 18.7. The van der Waals surface area contributed by atoms with Crippen LogP contribution in [0.2, 0.25) is 0 Å². The van der Waals surface area contributed by atoms with Gasteiger partial charge >= 0.3 is 0 Å². The number of hydrogen-bond donors (Lipinski definition) is 0. The highest BCUT2D eigenvalue weighted by Crippen LogP contribution is 2.53. The number of rotatable bonds is 5. The summed E-state index contributed by atoms with van der Waals surface area (Å²) in [5, 5.41) is 14.8. The zero-order chi connectivity index (χ0) is 37.1. The van der Waals surface area contributed by atoms with Crippen molar-refractivity contribution in [3.8, 4) is 73.4 Å². The third-order valence-electron chi connectivity index (χ3n) is 11.3. The van der Waals surface area contributed by atoms with Crippen molar-refractivity contribution < 1.29 is 0 Å². The standard InChI is InChI=1S/C52H35N3/c1-52(2)45-15-7-13-43(32-53)49(45)50-44(14-8-16-46(50)52)37-23-17-35(18-24-37)36-19-25-38(26-20-36)51-54-47(41-27-21-33-9-3-5-11-39(33)29-41)31-48(55-51)42-28-22-34-10-4-6-12-40(34)30-42/h3-31H,1-2H3. The van der Waals surface area contributed by atoms with Crippen LogP contribution in [0, 0.1) is 11.3 Å². The molecule has 0 saturated heterocycles. The number of hydrogen-bond acceptors (Lipinski definition) is 3. The number of nitriles is 1. The summed E-state index contributed by atoms with van der Waals surface area (Å²) in [6, 6.07) is 64.5. The quantitative estimate of drug-likeness (QED) is 0.179. The Morgan fingerprint density at radius 3 is 1.45 bits per heavy atom. The summed E-state index contributed by atoms with van der Waals surface area (Å²) < 4.78 is 0. The first-order chi connectivity index (χ1) is 26.9. The van der Waals surface area contributed by atoms with Crippen molar-refractivity contribution in [3.63, 3.8) is 0 Å². The second-order valence-electron chi connectivity index (χ2n) is 14.9. The van der Waals surface area contributed by atoms with Gasteiger partial charge in [0.25, 0.3) is 0 Å². The monoisotopic (exact) mass is 701 g/mol. The molecule has 1 aliphatic rings. The molecule has 0 bridgehead atoms. The molecule has 0 spiro atoms. The van der Waals surface area contributed by atoms with Crippen molar-refractivity contribution >= 4 is 21.5 Å². The van der Waals surface area contributed by atoms with Gasteiger partial charge in [0.15, 0.2) is 5.82 Å².